The van der Waals surface area contributed by atoms with Crippen LogP contribution in [0.5, 0.6) is 0 Å². The summed E-state index contributed by atoms with van der Waals surface area (Å²) in [5.74, 6) is 0. The smallest absolute Gasteiger partial charge is 1.00 e. The van der Waals surface area contributed by atoms with Crippen LogP contribution >= 0.6 is 0 Å². The van der Waals surface area contributed by atoms with E-state index in [9.17, 15) is 0 Å². The van der Waals surface area contributed by atoms with Gasteiger partial charge in [0, 0.05) is 0 Å². The van der Waals surface area contributed by atoms with Gasteiger partial charge in [-0.1, -0.05) is 0 Å². The predicted octanol–water partition coefficient (Wildman–Crippen LogP) is -3.89. The van der Waals surface area contributed by atoms with Crippen LogP contribution in [0, 0.1) is 0 Å². The third kappa shape index (κ3) is 13.6. The van der Waals surface area contributed by atoms with Gasteiger partial charge < -0.3 is 24.8 Å². The van der Waals surface area contributed by atoms with Gasteiger partial charge in [0.05, 0.1) is 0 Å². The van der Waals surface area contributed by atoms with Gasteiger partial charge in [0.15, 0.2) is 0 Å². The minimum atomic E-state index is 0. The largest absolute Gasteiger partial charge is 1.00 e. The fraction of sp³-hybridized carbons (Fsp3) is 1.00. The van der Waals surface area contributed by atoms with Crippen LogP contribution in [0.4, 0.5) is 0 Å². The molecule has 0 heterocycles. The summed E-state index contributed by atoms with van der Waals surface area (Å²) in [4.78, 5) is 0.386. The molecule has 0 aromatic heterocycles. The summed E-state index contributed by atoms with van der Waals surface area (Å²) < 4.78 is 5.49. The third-order valence-corrected chi connectivity index (χ3v) is 1.93. The van der Waals surface area contributed by atoms with Crippen LogP contribution < -0.4 is 24.8 Å². The molecular weight excluding hydrogens is 210 g/mol. The summed E-state index contributed by atoms with van der Waals surface area (Å²) in [6.45, 7) is 5.28. The van der Waals surface area contributed by atoms with E-state index in [-0.39, 0.29) is 24.8 Å². The van der Waals surface area contributed by atoms with E-state index in [1.54, 1.807) is 0 Å². The summed E-state index contributed by atoms with van der Waals surface area (Å²) >= 11 is 2.73. The van der Waals surface area contributed by atoms with Crippen molar-refractivity contribution < 1.29 is 29.6 Å². The second-order valence-corrected chi connectivity index (χ2v) is 3.30. The predicted molar refractivity (Wildman–Crippen MR) is 45.3 cm³/mol. The molecule has 4 heteroatoms. The molecule has 0 saturated heterocycles. The molecule has 0 aromatic rings. The molecule has 0 bridgehead atoms. The van der Waals surface area contributed by atoms with Gasteiger partial charge in [-0.15, -0.1) is 0 Å². The zero-order chi connectivity index (χ0) is 7.82. The summed E-state index contributed by atoms with van der Waals surface area (Å²) in [5, 5.41) is 0. The van der Waals surface area contributed by atoms with Crippen molar-refractivity contribution in [1.29, 1.82) is 0 Å². The molecule has 12 heavy (non-hydrogen) atoms. The Balaban J connectivity index is -0.000000405. The van der Waals surface area contributed by atoms with Crippen LogP contribution in [0.3, 0.4) is 0 Å². The van der Waals surface area contributed by atoms with Crippen molar-refractivity contribution in [3.8, 4) is 0 Å². The van der Waals surface area contributed by atoms with Crippen LogP contribution in [-0.4, -0.2) is 27.9 Å². The summed E-state index contributed by atoms with van der Waals surface area (Å²) in [6.07, 6.45) is 4.78. The third-order valence-electron chi connectivity index (χ3n) is 1.40. The van der Waals surface area contributed by atoms with Gasteiger partial charge in [0.25, 0.3) is 0 Å². The molecule has 0 aliphatic rings. The quantitative estimate of drug-likeness (QED) is 0.333. The van der Waals surface area contributed by atoms with Crippen LogP contribution in [0.25, 0.3) is 0 Å². The first-order valence-corrected chi connectivity index (χ1v) is 4.85. The van der Waals surface area contributed by atoms with E-state index in [0.717, 1.165) is 13.0 Å². The van der Waals surface area contributed by atoms with Crippen LogP contribution in [-0.2, 0) is 4.74 Å². The Morgan fingerprint density at radius 3 is 2.17 bits per heavy atom. The average Bonchev–Trinajstić information content (AvgIpc) is 1.89. The molecule has 0 aliphatic heterocycles. The minimum absolute atomic E-state index is 0. The van der Waals surface area contributed by atoms with Crippen molar-refractivity contribution in [3.05, 3.63) is 0 Å². The van der Waals surface area contributed by atoms with Crippen LogP contribution in [0.15, 0.2) is 0 Å². The summed E-state index contributed by atoms with van der Waals surface area (Å²) in [6, 6.07) is 0. The topological polar surface area (TPSA) is 9.23 Å². The van der Waals surface area contributed by atoms with Gasteiger partial charge >= 0.3 is 72.1 Å². The van der Waals surface area contributed by atoms with Crippen molar-refractivity contribution in [1.82, 2.24) is 0 Å². The van der Waals surface area contributed by atoms with E-state index < -0.39 is 0 Å². The normalized spacial score (nSPS) is 11.3. The Kier molecular flexibility index (Phi) is 22.8. The molecule has 0 N–H and O–H groups in total. The fourth-order valence-corrected chi connectivity index (χ4v) is 1.22. The van der Waals surface area contributed by atoms with Crippen molar-refractivity contribution in [2.45, 2.75) is 44.5 Å². The summed E-state index contributed by atoms with van der Waals surface area (Å²) in [5.41, 5.74) is 0. The van der Waals surface area contributed by atoms with Crippen molar-refractivity contribution >= 4 is 16.3 Å². The number of hydrogen-bond donors (Lipinski definition) is 0. The van der Waals surface area contributed by atoms with E-state index in [4.69, 9.17) is 4.74 Å². The average molecular weight is 227 g/mol. The molecule has 1 nitrogen and oxygen atoms in total. The van der Waals surface area contributed by atoms with E-state index in [1.807, 2.05) is 0 Å². The zero-order valence-electron chi connectivity index (χ0n) is 7.85. The molecule has 1 atom stereocenters. The molecule has 0 aliphatic carbocycles. The molecule has 0 amide bonds. The Bertz CT molecular complexity index is 74.1. The molecule has 0 fully saturated rings. The maximum Gasteiger partial charge on any atom is -1.00 e. The molecule has 0 rings (SSSR count). The Morgan fingerprint density at radius 1 is 1.17 bits per heavy atom. The van der Waals surface area contributed by atoms with Gasteiger partial charge in [0.2, 0.25) is 0 Å². The second kappa shape index (κ2) is 14.6. The Morgan fingerprint density at radius 2 is 1.75 bits per heavy atom. The molecule has 0 radical (unpaired) electrons. The summed E-state index contributed by atoms with van der Waals surface area (Å²) in [7, 11) is 0. The van der Waals surface area contributed by atoms with Gasteiger partial charge in [0.1, 0.15) is 0 Å². The molecule has 72 valence electrons. The van der Waals surface area contributed by atoms with Crippen LogP contribution in [0.1, 0.15) is 39.5 Å². The minimum Gasteiger partial charge on any atom is -1.00 e. The van der Waals surface area contributed by atoms with Gasteiger partial charge in [-0.25, -0.2) is 0 Å². The van der Waals surface area contributed by atoms with E-state index in [0.29, 0.717) is 4.97 Å². The van der Waals surface area contributed by atoms with Gasteiger partial charge in [-0.2, -0.15) is 0 Å². The van der Waals surface area contributed by atoms with Crippen LogP contribution in [0.2, 0.25) is 0 Å². The molecule has 0 aromatic carbocycles. The maximum atomic E-state index is 5.49. The first kappa shape index (κ1) is 18.8. The van der Waals surface area contributed by atoms with Crippen molar-refractivity contribution in [3.63, 3.8) is 0 Å². The zero-order valence-corrected chi connectivity index (χ0v) is 10.5. The van der Waals surface area contributed by atoms with E-state index in [1.165, 1.54) is 19.3 Å². The first-order valence-electron chi connectivity index (χ1n) is 4.18. The number of rotatable bonds is 6. The standard InChI is InChI=1S/C8H17O.Al.2ClH/c1-3-5-7-9-8-6-4-2;;;/h7H,3-6,8H2,1-2H3;;2*1H/q;+2;;/p-2. The first-order chi connectivity index (χ1) is 4.81. The monoisotopic (exact) mass is 226 g/mol. The molecular formula is C8H17AlCl2O. The van der Waals surface area contributed by atoms with Gasteiger partial charge in [-0.3, -0.25) is 0 Å². The number of halogens is 2. The van der Waals surface area contributed by atoms with Crippen molar-refractivity contribution in [2.75, 3.05) is 6.61 Å². The van der Waals surface area contributed by atoms with E-state index in [2.05, 4.69) is 30.1 Å². The molecule has 0 spiro atoms. The number of hydrogen-bond acceptors (Lipinski definition) is 1. The molecule has 1 unspecified atom stereocenters. The molecule has 0 saturated carbocycles. The van der Waals surface area contributed by atoms with Gasteiger partial charge in [-0.05, 0) is 0 Å². The van der Waals surface area contributed by atoms with E-state index >= 15 is 0 Å². The van der Waals surface area contributed by atoms with Crippen molar-refractivity contribution in [2.24, 2.45) is 0 Å². The Hall–Kier alpha value is 1.07. The Labute approximate surface area is 96.9 Å². The number of ether oxygens (including phenoxy) is 1. The number of unbranched alkanes of at least 4 members (excludes halogenated alkanes) is 1. The maximum absolute atomic E-state index is 5.49. The second-order valence-electron chi connectivity index (χ2n) is 2.55. The fourth-order valence-electron chi connectivity index (χ4n) is 0.747. The SMILES string of the molecule is CCCCO[CH]([Al+2])CCC.[Cl-].[Cl-].